The van der Waals surface area contributed by atoms with Gasteiger partial charge in [-0.25, -0.2) is 4.79 Å². The van der Waals surface area contributed by atoms with Gasteiger partial charge in [-0.05, 0) is 32.2 Å². The summed E-state index contributed by atoms with van der Waals surface area (Å²) in [6, 6.07) is -5.88. The van der Waals surface area contributed by atoms with E-state index in [9.17, 15) is 28.8 Å². The van der Waals surface area contributed by atoms with Gasteiger partial charge in [0.15, 0.2) is 0 Å². The van der Waals surface area contributed by atoms with Gasteiger partial charge in [-0.3, -0.25) is 24.0 Å². The lowest BCUT2D eigenvalue weighted by atomic mass is 10.1. The Labute approximate surface area is 188 Å². The highest BCUT2D eigenvalue weighted by Crippen LogP contribution is 2.06. The topological polar surface area (TPSA) is 271 Å². The van der Waals surface area contributed by atoms with Crippen LogP contribution in [0.3, 0.4) is 0 Å². The van der Waals surface area contributed by atoms with Gasteiger partial charge in [0.25, 0.3) is 0 Å². The lowest BCUT2D eigenvalue weighted by Gasteiger charge is -2.24. The van der Waals surface area contributed by atoms with Gasteiger partial charge in [-0.2, -0.15) is 0 Å². The van der Waals surface area contributed by atoms with Gasteiger partial charge >= 0.3 is 17.9 Å². The van der Waals surface area contributed by atoms with Crippen molar-refractivity contribution in [2.45, 2.75) is 62.7 Å². The highest BCUT2D eigenvalue weighted by atomic mass is 16.4. The number of rotatable bonds is 17. The second kappa shape index (κ2) is 15.5. The molecule has 11 N–H and O–H groups in total. The lowest BCUT2D eigenvalue weighted by Crippen LogP contribution is -2.57. The van der Waals surface area contributed by atoms with Crippen LogP contribution in [0.5, 0.6) is 0 Å². The van der Waals surface area contributed by atoms with Crippen molar-refractivity contribution < 1.29 is 49.2 Å². The van der Waals surface area contributed by atoms with E-state index in [0.717, 1.165) is 0 Å². The van der Waals surface area contributed by atoms with Crippen molar-refractivity contribution in [2.75, 3.05) is 13.2 Å². The van der Waals surface area contributed by atoms with Crippen molar-refractivity contribution in [2.24, 2.45) is 11.5 Å². The fraction of sp³-hybridized carbons (Fsp3) is 0.667. The van der Waals surface area contributed by atoms with Gasteiger partial charge < -0.3 is 47.8 Å². The van der Waals surface area contributed by atoms with E-state index in [1.54, 1.807) is 0 Å². The molecular weight excluding hydrogens is 446 g/mol. The van der Waals surface area contributed by atoms with E-state index in [2.05, 4.69) is 10.6 Å². The Kier molecular flexibility index (Phi) is 13.9. The number of hydrogen-bond donors (Lipinski definition) is 9. The molecule has 0 aromatic heterocycles. The van der Waals surface area contributed by atoms with Crippen LogP contribution in [0.15, 0.2) is 0 Å². The summed E-state index contributed by atoms with van der Waals surface area (Å²) in [5, 5.41) is 42.3. The van der Waals surface area contributed by atoms with Crippen molar-refractivity contribution in [3.63, 3.8) is 0 Å². The van der Waals surface area contributed by atoms with Crippen molar-refractivity contribution in [1.29, 1.82) is 0 Å². The molecule has 4 atom stereocenters. The van der Waals surface area contributed by atoms with Crippen molar-refractivity contribution in [3.8, 4) is 0 Å². The molecular formula is C18H31N5O10. The van der Waals surface area contributed by atoms with E-state index < -0.39 is 79.2 Å². The quantitative estimate of drug-likeness (QED) is 0.0916. The van der Waals surface area contributed by atoms with Crippen LogP contribution in [0.2, 0.25) is 0 Å². The largest absolute Gasteiger partial charge is 0.481 e. The Morgan fingerprint density at radius 1 is 0.727 bits per heavy atom. The molecule has 0 aliphatic heterocycles. The van der Waals surface area contributed by atoms with Gasteiger partial charge in [-0.1, -0.05) is 0 Å². The summed E-state index contributed by atoms with van der Waals surface area (Å²) in [5.74, 6) is -7.19. The van der Waals surface area contributed by atoms with Crippen LogP contribution in [0, 0.1) is 0 Å². The number of nitrogens with two attached hydrogens (primary N) is 2. The Morgan fingerprint density at radius 3 is 1.70 bits per heavy atom. The third-order valence-corrected chi connectivity index (χ3v) is 4.39. The van der Waals surface area contributed by atoms with Gasteiger partial charge in [-0.15, -0.1) is 0 Å². The fourth-order valence-corrected chi connectivity index (χ4v) is 2.58. The SMILES string of the molecule is NCCCCC(NC(=O)C(CCC(=O)O)NC(=O)C(N)CO)C(=O)NC(CC(=O)O)C(=O)O. The predicted molar refractivity (Wildman–Crippen MR) is 111 cm³/mol. The number of carbonyl (C=O) groups excluding carboxylic acids is 3. The number of amides is 3. The Hall–Kier alpha value is -3.30. The fourth-order valence-electron chi connectivity index (χ4n) is 2.58. The smallest absolute Gasteiger partial charge is 0.326 e. The molecule has 0 aromatic carbocycles. The molecule has 0 aliphatic carbocycles. The van der Waals surface area contributed by atoms with E-state index in [4.69, 9.17) is 31.9 Å². The van der Waals surface area contributed by atoms with Crippen molar-refractivity contribution >= 4 is 35.6 Å². The standard InChI is InChI=1S/C18H31N5O10/c19-6-2-1-3-10(16(30)23-12(18(32)33)7-14(27)28)22-17(31)11(4-5-13(25)26)21-15(29)9(20)8-24/h9-12,24H,1-8,19-20H2,(H,21,29)(H,22,31)(H,23,30)(H,25,26)(H,27,28)(H,32,33). The molecule has 33 heavy (non-hydrogen) atoms. The molecule has 0 heterocycles. The maximum atomic E-state index is 12.7. The second-order valence-electron chi connectivity index (χ2n) is 7.13. The number of nitrogens with one attached hydrogen (secondary N) is 3. The molecule has 0 radical (unpaired) electrons. The van der Waals surface area contributed by atoms with Crippen molar-refractivity contribution in [1.82, 2.24) is 16.0 Å². The average Bonchev–Trinajstić information content (AvgIpc) is 2.73. The summed E-state index contributed by atoms with van der Waals surface area (Å²) in [7, 11) is 0. The van der Waals surface area contributed by atoms with E-state index in [-0.39, 0.29) is 19.4 Å². The Balaban J connectivity index is 5.53. The molecule has 3 amide bonds. The normalized spacial score (nSPS) is 14.3. The number of carboxylic acids is 3. The van der Waals surface area contributed by atoms with Crippen molar-refractivity contribution in [3.05, 3.63) is 0 Å². The molecule has 0 saturated carbocycles. The number of unbranched alkanes of at least 4 members (excludes halogenated alkanes) is 1. The Bertz CT molecular complexity index is 717. The summed E-state index contributed by atoms with van der Waals surface area (Å²) in [4.78, 5) is 70.2. The summed E-state index contributed by atoms with van der Waals surface area (Å²) in [5.41, 5.74) is 10.8. The predicted octanol–water partition coefficient (Wildman–Crippen LogP) is -3.69. The monoisotopic (exact) mass is 477 g/mol. The number of aliphatic carboxylic acids is 3. The molecule has 188 valence electrons. The molecule has 15 nitrogen and oxygen atoms in total. The summed E-state index contributed by atoms with van der Waals surface area (Å²) in [6.45, 7) is -0.460. The zero-order valence-corrected chi connectivity index (χ0v) is 17.9. The molecule has 0 aliphatic rings. The van der Waals surface area contributed by atoms with Gasteiger partial charge in [0.05, 0.1) is 13.0 Å². The van der Waals surface area contributed by atoms with Crippen LogP contribution in [0.1, 0.15) is 38.5 Å². The van der Waals surface area contributed by atoms with Crippen LogP contribution < -0.4 is 27.4 Å². The summed E-state index contributed by atoms with van der Waals surface area (Å²) < 4.78 is 0. The molecule has 4 unspecified atom stereocenters. The molecule has 0 aromatic rings. The minimum Gasteiger partial charge on any atom is -0.481 e. The maximum absolute atomic E-state index is 12.7. The third kappa shape index (κ3) is 12.4. The first-order chi connectivity index (χ1) is 15.4. The number of carboxylic acid groups (broad SMARTS) is 3. The zero-order valence-electron chi connectivity index (χ0n) is 17.9. The average molecular weight is 477 g/mol. The number of aliphatic hydroxyl groups excluding tert-OH is 1. The van der Waals surface area contributed by atoms with Crippen LogP contribution in [-0.4, -0.2) is 93.4 Å². The highest BCUT2D eigenvalue weighted by Gasteiger charge is 2.31. The van der Waals surface area contributed by atoms with Crippen LogP contribution >= 0.6 is 0 Å². The Morgan fingerprint density at radius 2 is 1.24 bits per heavy atom. The first-order valence-corrected chi connectivity index (χ1v) is 10.1. The van der Waals surface area contributed by atoms with Gasteiger partial charge in [0, 0.05) is 6.42 Å². The molecule has 0 saturated heterocycles. The minimum atomic E-state index is -1.76. The number of aliphatic hydroxyl groups is 1. The second-order valence-corrected chi connectivity index (χ2v) is 7.13. The lowest BCUT2D eigenvalue weighted by molar-refractivity contribution is -0.147. The maximum Gasteiger partial charge on any atom is 0.326 e. The van der Waals surface area contributed by atoms with E-state index in [1.165, 1.54) is 0 Å². The minimum absolute atomic E-state index is 0.00390. The van der Waals surface area contributed by atoms with Gasteiger partial charge in [0.1, 0.15) is 24.2 Å². The summed E-state index contributed by atoms with van der Waals surface area (Å²) in [6.07, 6.45) is -0.977. The molecule has 0 fully saturated rings. The first-order valence-electron chi connectivity index (χ1n) is 10.1. The van der Waals surface area contributed by atoms with E-state index in [1.807, 2.05) is 5.32 Å². The number of hydrogen-bond acceptors (Lipinski definition) is 9. The zero-order chi connectivity index (χ0) is 25.6. The van der Waals surface area contributed by atoms with Crippen LogP contribution in [0.25, 0.3) is 0 Å². The third-order valence-electron chi connectivity index (χ3n) is 4.39. The molecule has 0 bridgehead atoms. The first kappa shape index (κ1) is 29.7. The molecule has 15 heteroatoms. The number of carbonyl (C=O) groups is 6. The van der Waals surface area contributed by atoms with Crippen LogP contribution in [0.4, 0.5) is 0 Å². The molecule has 0 rings (SSSR count). The summed E-state index contributed by atoms with van der Waals surface area (Å²) >= 11 is 0. The van der Waals surface area contributed by atoms with E-state index in [0.29, 0.717) is 12.8 Å². The highest BCUT2D eigenvalue weighted by molar-refractivity contribution is 5.94. The van der Waals surface area contributed by atoms with E-state index >= 15 is 0 Å². The van der Waals surface area contributed by atoms with Crippen LogP contribution in [-0.2, 0) is 28.8 Å². The van der Waals surface area contributed by atoms with Gasteiger partial charge in [0.2, 0.25) is 17.7 Å². The molecule has 0 spiro atoms.